The predicted molar refractivity (Wildman–Crippen MR) is 115 cm³/mol. The molecule has 0 spiro atoms. The van der Waals surface area contributed by atoms with Crippen molar-refractivity contribution in [3.05, 3.63) is 46.0 Å². The van der Waals surface area contributed by atoms with Crippen LogP contribution in [-0.2, 0) is 23.4 Å². The van der Waals surface area contributed by atoms with Gasteiger partial charge in [-0.3, -0.25) is 14.3 Å². The van der Waals surface area contributed by atoms with Crippen LogP contribution in [0.5, 0.6) is 11.5 Å². The number of amides is 1. The number of aromatic nitrogens is 4. The van der Waals surface area contributed by atoms with E-state index in [2.05, 4.69) is 15.5 Å². The zero-order valence-electron chi connectivity index (χ0n) is 18.4. The van der Waals surface area contributed by atoms with E-state index in [9.17, 15) is 9.59 Å². The molecule has 3 heterocycles. The minimum Gasteiger partial charge on any atom is -0.454 e. The number of nitrogens with one attached hydrogen (secondary N) is 1. The van der Waals surface area contributed by atoms with Crippen molar-refractivity contribution < 1.29 is 14.3 Å². The van der Waals surface area contributed by atoms with Gasteiger partial charge in [0.2, 0.25) is 12.7 Å². The Morgan fingerprint density at radius 3 is 2.68 bits per heavy atom. The second-order valence-electron chi connectivity index (χ2n) is 8.96. The summed E-state index contributed by atoms with van der Waals surface area (Å²) in [5, 5.41) is 12.5. The topological polar surface area (TPSA) is 100 Å². The molecule has 1 aliphatic rings. The van der Waals surface area contributed by atoms with Crippen LogP contribution in [0.3, 0.4) is 0 Å². The maximum Gasteiger partial charge on any atom is 0.293 e. The summed E-state index contributed by atoms with van der Waals surface area (Å²) < 4.78 is 13.6. The third kappa shape index (κ3) is 3.99. The minimum atomic E-state index is -0.379. The van der Waals surface area contributed by atoms with Crippen molar-refractivity contribution in [2.24, 2.45) is 0 Å². The van der Waals surface area contributed by atoms with Gasteiger partial charge in [0.15, 0.2) is 11.5 Å². The number of ether oxygens (including phenoxy) is 2. The van der Waals surface area contributed by atoms with Crippen molar-refractivity contribution in [2.75, 3.05) is 6.79 Å². The van der Waals surface area contributed by atoms with E-state index in [1.807, 2.05) is 52.8 Å². The molecule has 31 heavy (non-hydrogen) atoms. The van der Waals surface area contributed by atoms with E-state index in [1.54, 1.807) is 10.9 Å². The summed E-state index contributed by atoms with van der Waals surface area (Å²) >= 11 is 0. The maximum absolute atomic E-state index is 13.2. The molecule has 0 saturated heterocycles. The van der Waals surface area contributed by atoms with Crippen molar-refractivity contribution in [1.29, 1.82) is 0 Å². The number of rotatable bonds is 5. The molecule has 9 heteroatoms. The van der Waals surface area contributed by atoms with E-state index in [0.717, 1.165) is 16.6 Å². The van der Waals surface area contributed by atoms with E-state index < -0.39 is 0 Å². The normalized spacial score (nSPS) is 13.2. The first-order valence-corrected chi connectivity index (χ1v) is 10.3. The van der Waals surface area contributed by atoms with Crippen molar-refractivity contribution in [1.82, 2.24) is 24.9 Å². The monoisotopic (exact) mass is 425 g/mol. The molecule has 2 aromatic heterocycles. The van der Waals surface area contributed by atoms with E-state index in [-0.39, 0.29) is 36.3 Å². The Bertz CT molecular complexity index is 1200. The van der Waals surface area contributed by atoms with Gasteiger partial charge in [-0.1, -0.05) is 19.9 Å². The Kier molecular flexibility index (Phi) is 5.20. The predicted octanol–water partition coefficient (Wildman–Crippen LogP) is 2.52. The highest BCUT2D eigenvalue weighted by Gasteiger charge is 2.24. The summed E-state index contributed by atoms with van der Waals surface area (Å²) in [6.45, 7) is 10.3. The summed E-state index contributed by atoms with van der Waals surface area (Å²) in [5.41, 5.74) is 1.38. The van der Waals surface area contributed by atoms with Gasteiger partial charge in [-0.05, 0) is 44.4 Å². The lowest BCUT2D eigenvalue weighted by Crippen LogP contribution is -2.36. The standard InChI is InChI=1S/C22H27N5O4/c1-13(2)19-15-10-24-27(22(3,4)5)20(15)21(29)26(25-19)11-18(28)23-9-14-6-7-16-17(8-14)31-12-30-16/h6-8,10,13H,9,11-12H2,1-5H3,(H,23,28). The Hall–Kier alpha value is -3.36. The molecule has 0 atom stereocenters. The molecule has 9 nitrogen and oxygen atoms in total. The zero-order valence-corrected chi connectivity index (χ0v) is 18.4. The van der Waals surface area contributed by atoms with Crippen LogP contribution in [0.25, 0.3) is 10.9 Å². The number of carbonyl (C=O) groups is 1. The van der Waals surface area contributed by atoms with Crippen molar-refractivity contribution in [3.63, 3.8) is 0 Å². The van der Waals surface area contributed by atoms with Gasteiger partial charge >= 0.3 is 0 Å². The van der Waals surface area contributed by atoms with Crippen molar-refractivity contribution in [2.45, 2.75) is 59.2 Å². The summed E-state index contributed by atoms with van der Waals surface area (Å²) in [7, 11) is 0. The molecule has 164 valence electrons. The van der Waals surface area contributed by atoms with Gasteiger partial charge < -0.3 is 14.8 Å². The molecular formula is C22H27N5O4. The fourth-order valence-corrected chi connectivity index (χ4v) is 3.58. The number of hydrogen-bond donors (Lipinski definition) is 1. The van der Waals surface area contributed by atoms with Crippen LogP contribution in [0.1, 0.15) is 51.8 Å². The van der Waals surface area contributed by atoms with Crippen LogP contribution in [0.4, 0.5) is 0 Å². The highest BCUT2D eigenvalue weighted by molar-refractivity contribution is 5.81. The number of benzene rings is 1. The lowest BCUT2D eigenvalue weighted by atomic mass is 10.1. The van der Waals surface area contributed by atoms with Gasteiger partial charge in [0.25, 0.3) is 5.56 Å². The molecule has 0 fully saturated rings. The first-order valence-electron chi connectivity index (χ1n) is 10.3. The fraction of sp³-hybridized carbons (Fsp3) is 0.455. The minimum absolute atomic E-state index is 0.0728. The van der Waals surface area contributed by atoms with Gasteiger partial charge in [-0.15, -0.1) is 0 Å². The maximum atomic E-state index is 13.2. The van der Waals surface area contributed by atoms with E-state index in [1.165, 1.54) is 4.68 Å². The third-order valence-electron chi connectivity index (χ3n) is 5.11. The second-order valence-corrected chi connectivity index (χ2v) is 8.96. The molecule has 1 aromatic carbocycles. The van der Waals surface area contributed by atoms with Gasteiger partial charge in [0.05, 0.1) is 17.4 Å². The van der Waals surface area contributed by atoms with Crippen LogP contribution >= 0.6 is 0 Å². The molecule has 0 saturated carbocycles. The number of carbonyl (C=O) groups excluding carboxylic acids is 1. The van der Waals surface area contributed by atoms with Crippen LogP contribution < -0.4 is 20.3 Å². The van der Waals surface area contributed by atoms with Crippen LogP contribution in [0.15, 0.2) is 29.2 Å². The molecule has 0 aliphatic carbocycles. The first kappa shape index (κ1) is 20.9. The van der Waals surface area contributed by atoms with Gasteiger partial charge in [-0.25, -0.2) is 4.68 Å². The molecule has 1 N–H and O–H groups in total. The summed E-state index contributed by atoms with van der Waals surface area (Å²) in [4.78, 5) is 25.8. The Balaban J connectivity index is 1.59. The first-order chi connectivity index (χ1) is 14.6. The number of fused-ring (bicyclic) bond motifs is 2. The lowest BCUT2D eigenvalue weighted by molar-refractivity contribution is -0.122. The molecule has 4 rings (SSSR count). The van der Waals surface area contributed by atoms with Crippen molar-refractivity contribution >= 4 is 16.8 Å². The average Bonchev–Trinajstić information content (AvgIpc) is 3.34. The molecule has 0 bridgehead atoms. The molecule has 1 aliphatic heterocycles. The van der Waals surface area contributed by atoms with Crippen LogP contribution in [0, 0.1) is 0 Å². The van der Waals surface area contributed by atoms with E-state index in [4.69, 9.17) is 9.47 Å². The quantitative estimate of drug-likeness (QED) is 0.674. The highest BCUT2D eigenvalue weighted by Crippen LogP contribution is 2.32. The van der Waals surface area contributed by atoms with Gasteiger partial charge in [0, 0.05) is 11.9 Å². The number of hydrogen-bond acceptors (Lipinski definition) is 6. The van der Waals surface area contributed by atoms with E-state index in [0.29, 0.717) is 23.6 Å². The van der Waals surface area contributed by atoms with Crippen molar-refractivity contribution in [3.8, 4) is 11.5 Å². The highest BCUT2D eigenvalue weighted by atomic mass is 16.7. The smallest absolute Gasteiger partial charge is 0.293 e. The molecule has 0 unspecified atom stereocenters. The van der Waals surface area contributed by atoms with Gasteiger partial charge in [0.1, 0.15) is 12.1 Å². The molecule has 3 aromatic rings. The fourth-order valence-electron chi connectivity index (χ4n) is 3.58. The number of nitrogens with zero attached hydrogens (tertiary/aromatic N) is 4. The lowest BCUT2D eigenvalue weighted by Gasteiger charge is -2.21. The third-order valence-corrected chi connectivity index (χ3v) is 5.11. The molecule has 0 radical (unpaired) electrons. The Labute approximate surface area is 180 Å². The van der Waals surface area contributed by atoms with Crippen LogP contribution in [0.2, 0.25) is 0 Å². The second kappa shape index (κ2) is 7.72. The summed E-state index contributed by atoms with van der Waals surface area (Å²) in [6.07, 6.45) is 1.69. The zero-order chi connectivity index (χ0) is 22.3. The Morgan fingerprint density at radius 1 is 1.23 bits per heavy atom. The van der Waals surface area contributed by atoms with E-state index >= 15 is 0 Å². The molecular weight excluding hydrogens is 398 g/mol. The largest absolute Gasteiger partial charge is 0.454 e. The summed E-state index contributed by atoms with van der Waals surface area (Å²) in [5.74, 6) is 1.12. The average molecular weight is 425 g/mol. The van der Waals surface area contributed by atoms with Crippen LogP contribution in [-0.4, -0.2) is 32.3 Å². The molecule has 1 amide bonds. The summed E-state index contributed by atoms with van der Waals surface area (Å²) in [6, 6.07) is 5.51. The Morgan fingerprint density at radius 2 is 1.97 bits per heavy atom. The SMILES string of the molecule is CC(C)c1nn(CC(=O)NCc2ccc3c(c2)OCO3)c(=O)c2c1cnn2C(C)(C)C. The van der Waals surface area contributed by atoms with Gasteiger partial charge in [-0.2, -0.15) is 10.2 Å².